The molecule has 0 radical (unpaired) electrons. The molecular weight excluding hydrogens is 254 g/mol. The quantitative estimate of drug-likeness (QED) is 0.844. The van der Waals surface area contributed by atoms with Crippen molar-refractivity contribution in [2.45, 2.75) is 70.6 Å². The van der Waals surface area contributed by atoms with E-state index in [2.05, 4.69) is 39.1 Å². The van der Waals surface area contributed by atoms with Crippen LogP contribution in [0.3, 0.4) is 0 Å². The molecular formula is C16H25NOS. The number of thiophene rings is 1. The lowest BCUT2D eigenvalue weighted by Gasteiger charge is -2.45. The van der Waals surface area contributed by atoms with Crippen LogP contribution < -0.4 is 5.32 Å². The first-order valence-corrected chi connectivity index (χ1v) is 8.35. The van der Waals surface area contributed by atoms with E-state index in [0.29, 0.717) is 18.0 Å². The molecule has 0 saturated carbocycles. The first kappa shape index (κ1) is 13.6. The lowest BCUT2D eigenvalue weighted by Crippen LogP contribution is -2.52. The largest absolute Gasteiger partial charge is 0.369 e. The predicted octanol–water partition coefficient (Wildman–Crippen LogP) is 3.80. The molecule has 1 N–H and O–H groups in total. The van der Waals surface area contributed by atoms with Gasteiger partial charge in [0.15, 0.2) is 0 Å². The van der Waals surface area contributed by atoms with Crippen LogP contribution in [0.1, 0.15) is 61.8 Å². The van der Waals surface area contributed by atoms with E-state index < -0.39 is 0 Å². The van der Waals surface area contributed by atoms with E-state index in [1.807, 2.05) is 11.3 Å². The van der Waals surface area contributed by atoms with Crippen molar-refractivity contribution in [3.05, 3.63) is 21.4 Å². The zero-order valence-electron chi connectivity index (χ0n) is 12.5. The zero-order valence-corrected chi connectivity index (χ0v) is 13.3. The van der Waals surface area contributed by atoms with Gasteiger partial charge in [0.25, 0.3) is 0 Å². The van der Waals surface area contributed by atoms with Crippen molar-refractivity contribution in [1.29, 1.82) is 0 Å². The van der Waals surface area contributed by atoms with Crippen molar-refractivity contribution < 1.29 is 4.74 Å². The highest BCUT2D eigenvalue weighted by Crippen LogP contribution is 2.47. The summed E-state index contributed by atoms with van der Waals surface area (Å²) in [5, 5.41) is 3.64. The summed E-state index contributed by atoms with van der Waals surface area (Å²) in [6.45, 7) is 10.0. The summed E-state index contributed by atoms with van der Waals surface area (Å²) in [5.41, 5.74) is 1.55. The average Bonchev–Trinajstić information content (AvgIpc) is 2.73. The first-order valence-electron chi connectivity index (χ1n) is 7.53. The third-order valence-electron chi connectivity index (χ3n) is 4.40. The summed E-state index contributed by atoms with van der Waals surface area (Å²) in [5.74, 6) is 0.629. The van der Waals surface area contributed by atoms with Crippen molar-refractivity contribution in [2.24, 2.45) is 0 Å². The molecule has 2 aliphatic rings. The van der Waals surface area contributed by atoms with Crippen molar-refractivity contribution in [1.82, 2.24) is 5.32 Å². The number of piperidine rings is 1. The molecule has 0 bridgehead atoms. The van der Waals surface area contributed by atoms with E-state index in [1.165, 1.54) is 9.75 Å². The standard InChI is InChI=1S/C16H25NOS/c1-10(2)14-7-13-5-6-18-16(15(13)19-14)8-11(3)17-12(4)9-16/h7,10-12,17H,5-6,8-9H2,1-4H3/t11-,12+,16-. The molecule has 2 nitrogen and oxygen atoms in total. The van der Waals surface area contributed by atoms with Gasteiger partial charge in [-0.2, -0.15) is 0 Å². The van der Waals surface area contributed by atoms with Gasteiger partial charge in [-0.25, -0.2) is 0 Å². The van der Waals surface area contributed by atoms with Gasteiger partial charge in [0.1, 0.15) is 5.60 Å². The van der Waals surface area contributed by atoms with E-state index in [4.69, 9.17) is 4.74 Å². The Morgan fingerprint density at radius 3 is 2.63 bits per heavy atom. The molecule has 3 heteroatoms. The van der Waals surface area contributed by atoms with E-state index in [0.717, 1.165) is 25.9 Å². The fourth-order valence-electron chi connectivity index (χ4n) is 3.71. The highest BCUT2D eigenvalue weighted by Gasteiger charge is 2.44. The molecule has 106 valence electrons. The van der Waals surface area contributed by atoms with Crippen LogP contribution in [0.5, 0.6) is 0 Å². The van der Waals surface area contributed by atoms with Gasteiger partial charge in [-0.15, -0.1) is 11.3 Å². The lowest BCUT2D eigenvalue weighted by atomic mass is 9.80. The lowest BCUT2D eigenvalue weighted by molar-refractivity contribution is -0.0932. The van der Waals surface area contributed by atoms with Gasteiger partial charge in [0.2, 0.25) is 0 Å². The minimum atomic E-state index is -0.00449. The SMILES string of the molecule is CC(C)c1cc2c(s1)[C@]1(C[C@@H](C)N[C@@H](C)C1)OCC2. The zero-order chi connectivity index (χ0) is 13.6. The summed E-state index contributed by atoms with van der Waals surface area (Å²) < 4.78 is 6.34. The van der Waals surface area contributed by atoms with Crippen LogP contribution in [0.2, 0.25) is 0 Å². The normalized spacial score (nSPS) is 34.8. The van der Waals surface area contributed by atoms with Gasteiger partial charge in [-0.05, 0) is 50.7 Å². The fourth-order valence-corrected chi connectivity index (χ4v) is 5.08. The van der Waals surface area contributed by atoms with Crippen LogP contribution in [-0.4, -0.2) is 18.7 Å². The molecule has 3 heterocycles. The Bertz CT molecular complexity index is 455. The fraction of sp³-hybridized carbons (Fsp3) is 0.750. The molecule has 1 aromatic rings. The summed E-state index contributed by atoms with van der Waals surface area (Å²) in [6, 6.07) is 3.52. The Kier molecular flexibility index (Phi) is 3.48. The molecule has 1 saturated heterocycles. The van der Waals surface area contributed by atoms with E-state index >= 15 is 0 Å². The molecule has 1 aromatic heterocycles. The maximum Gasteiger partial charge on any atom is 0.105 e. The molecule has 0 unspecified atom stereocenters. The maximum atomic E-state index is 6.34. The van der Waals surface area contributed by atoms with E-state index in [1.54, 1.807) is 5.56 Å². The monoisotopic (exact) mass is 279 g/mol. The topological polar surface area (TPSA) is 21.3 Å². The Balaban J connectivity index is 2.01. The van der Waals surface area contributed by atoms with Crippen LogP contribution in [0.4, 0.5) is 0 Å². The molecule has 1 spiro atoms. The molecule has 19 heavy (non-hydrogen) atoms. The molecule has 0 aliphatic carbocycles. The molecule has 3 atom stereocenters. The minimum absolute atomic E-state index is 0.00449. The molecule has 0 aromatic carbocycles. The maximum absolute atomic E-state index is 6.34. The first-order chi connectivity index (χ1) is 9.00. The van der Waals surface area contributed by atoms with Gasteiger partial charge in [-0.1, -0.05) is 13.8 Å². The van der Waals surface area contributed by atoms with Crippen molar-refractivity contribution in [3.8, 4) is 0 Å². The predicted molar refractivity (Wildman–Crippen MR) is 81.0 cm³/mol. The van der Waals surface area contributed by atoms with Crippen LogP contribution in [-0.2, 0) is 16.8 Å². The third kappa shape index (κ3) is 2.37. The minimum Gasteiger partial charge on any atom is -0.369 e. The van der Waals surface area contributed by atoms with Gasteiger partial charge in [-0.3, -0.25) is 0 Å². The van der Waals surface area contributed by atoms with E-state index in [9.17, 15) is 0 Å². The second kappa shape index (κ2) is 4.87. The summed E-state index contributed by atoms with van der Waals surface area (Å²) in [7, 11) is 0. The molecule has 1 fully saturated rings. The molecule has 0 amide bonds. The second-order valence-corrected chi connectivity index (χ2v) is 7.71. The van der Waals surface area contributed by atoms with Crippen LogP contribution in [0.15, 0.2) is 6.07 Å². The number of nitrogens with one attached hydrogen (secondary N) is 1. The van der Waals surface area contributed by atoms with E-state index in [-0.39, 0.29) is 5.60 Å². The highest BCUT2D eigenvalue weighted by atomic mass is 32.1. The summed E-state index contributed by atoms with van der Waals surface area (Å²) in [4.78, 5) is 3.05. The van der Waals surface area contributed by atoms with Crippen molar-refractivity contribution >= 4 is 11.3 Å². The number of fused-ring (bicyclic) bond motifs is 2. The smallest absolute Gasteiger partial charge is 0.105 e. The Hall–Kier alpha value is -0.380. The third-order valence-corrected chi connectivity index (χ3v) is 6.06. The highest BCUT2D eigenvalue weighted by molar-refractivity contribution is 7.12. The van der Waals surface area contributed by atoms with Crippen molar-refractivity contribution in [2.75, 3.05) is 6.61 Å². The Morgan fingerprint density at radius 1 is 1.32 bits per heavy atom. The summed E-state index contributed by atoms with van der Waals surface area (Å²) in [6.07, 6.45) is 3.32. The Labute approximate surface area is 120 Å². The number of ether oxygens (including phenoxy) is 1. The van der Waals surface area contributed by atoms with Crippen molar-refractivity contribution in [3.63, 3.8) is 0 Å². The number of rotatable bonds is 1. The van der Waals surface area contributed by atoms with Crippen LogP contribution >= 0.6 is 11.3 Å². The molecule has 2 aliphatic heterocycles. The summed E-state index contributed by atoms with van der Waals surface area (Å²) >= 11 is 2.00. The van der Waals surface area contributed by atoms with Gasteiger partial charge in [0.05, 0.1) is 6.61 Å². The molecule has 3 rings (SSSR count). The number of hydrogen-bond donors (Lipinski definition) is 1. The average molecular weight is 279 g/mol. The van der Waals surface area contributed by atoms with Crippen LogP contribution in [0.25, 0.3) is 0 Å². The van der Waals surface area contributed by atoms with Crippen LogP contribution in [0, 0.1) is 0 Å². The van der Waals surface area contributed by atoms with Gasteiger partial charge in [0, 0.05) is 21.8 Å². The van der Waals surface area contributed by atoms with Gasteiger partial charge < -0.3 is 10.1 Å². The second-order valence-electron chi connectivity index (χ2n) is 6.63. The number of hydrogen-bond acceptors (Lipinski definition) is 3. The Morgan fingerprint density at radius 2 is 2.00 bits per heavy atom. The van der Waals surface area contributed by atoms with Gasteiger partial charge >= 0.3 is 0 Å².